The molecule has 0 aromatic carbocycles. The van der Waals surface area contributed by atoms with E-state index in [1.807, 2.05) is 24.1 Å². The van der Waals surface area contributed by atoms with Crippen molar-refractivity contribution in [1.29, 1.82) is 0 Å². The maximum Gasteiger partial charge on any atom is 0.0705 e. The quantitative estimate of drug-likeness (QED) is 0.549. The zero-order chi connectivity index (χ0) is 10.4. The van der Waals surface area contributed by atoms with Gasteiger partial charge in [0, 0.05) is 19.8 Å². The summed E-state index contributed by atoms with van der Waals surface area (Å²) in [6, 6.07) is 0. The molecule has 0 spiro atoms. The Morgan fingerprint density at radius 3 is 2.93 bits per heavy atom. The standard InChI is InChI=1S/C10H19N3O/c1-9(2)8-14-12-5-4-10-6-11-13(3)7-10/h6-7,9,12H,4-5,8H2,1-3H3. The third-order valence-corrected chi connectivity index (χ3v) is 1.79. The first-order chi connectivity index (χ1) is 6.68. The molecule has 4 heteroatoms. The van der Waals surface area contributed by atoms with E-state index >= 15 is 0 Å². The van der Waals surface area contributed by atoms with Gasteiger partial charge in [0.25, 0.3) is 0 Å². The van der Waals surface area contributed by atoms with Crippen molar-refractivity contribution < 1.29 is 4.84 Å². The predicted octanol–water partition coefficient (Wildman–Crippen LogP) is 1.14. The number of rotatable bonds is 6. The molecule has 0 saturated heterocycles. The van der Waals surface area contributed by atoms with E-state index < -0.39 is 0 Å². The van der Waals surface area contributed by atoms with Gasteiger partial charge in [-0.1, -0.05) is 13.8 Å². The summed E-state index contributed by atoms with van der Waals surface area (Å²) in [6.07, 6.45) is 4.85. The molecule has 0 atom stereocenters. The van der Waals surface area contributed by atoms with E-state index in [0.717, 1.165) is 19.6 Å². The lowest BCUT2D eigenvalue weighted by Gasteiger charge is -2.06. The van der Waals surface area contributed by atoms with Crippen LogP contribution in [0.4, 0.5) is 0 Å². The summed E-state index contributed by atoms with van der Waals surface area (Å²) in [5.74, 6) is 0.570. The third kappa shape index (κ3) is 4.39. The maximum absolute atomic E-state index is 5.25. The molecule has 0 unspecified atom stereocenters. The van der Waals surface area contributed by atoms with Crippen LogP contribution in [-0.2, 0) is 18.3 Å². The molecule has 1 aromatic rings. The first-order valence-electron chi connectivity index (χ1n) is 5.00. The largest absolute Gasteiger partial charge is 0.302 e. The van der Waals surface area contributed by atoms with Gasteiger partial charge in [-0.15, -0.1) is 0 Å². The van der Waals surface area contributed by atoms with E-state index in [0.29, 0.717) is 5.92 Å². The first kappa shape index (κ1) is 11.2. The van der Waals surface area contributed by atoms with E-state index in [1.165, 1.54) is 5.56 Å². The minimum atomic E-state index is 0.570. The zero-order valence-electron chi connectivity index (χ0n) is 9.16. The average Bonchev–Trinajstić information content (AvgIpc) is 2.50. The molecule has 0 aliphatic carbocycles. The van der Waals surface area contributed by atoms with Crippen LogP contribution in [0.1, 0.15) is 19.4 Å². The van der Waals surface area contributed by atoms with Gasteiger partial charge in [0.05, 0.1) is 12.8 Å². The molecule has 1 rings (SSSR count). The van der Waals surface area contributed by atoms with Gasteiger partial charge in [-0.05, 0) is 17.9 Å². The Bertz CT molecular complexity index is 258. The molecule has 0 aliphatic heterocycles. The van der Waals surface area contributed by atoms with Gasteiger partial charge < -0.3 is 4.84 Å². The molecule has 0 bridgehead atoms. The number of nitrogens with zero attached hydrogens (tertiary/aromatic N) is 2. The van der Waals surface area contributed by atoms with Crippen molar-refractivity contribution in [3.8, 4) is 0 Å². The van der Waals surface area contributed by atoms with E-state index in [2.05, 4.69) is 24.4 Å². The van der Waals surface area contributed by atoms with Gasteiger partial charge in [0.2, 0.25) is 0 Å². The second kappa shape index (κ2) is 5.78. The summed E-state index contributed by atoms with van der Waals surface area (Å²) in [7, 11) is 1.92. The van der Waals surface area contributed by atoms with Crippen LogP contribution in [0.2, 0.25) is 0 Å². The summed E-state index contributed by atoms with van der Waals surface area (Å²) in [5.41, 5.74) is 4.17. The predicted molar refractivity (Wildman–Crippen MR) is 55.7 cm³/mol. The zero-order valence-corrected chi connectivity index (χ0v) is 9.16. The van der Waals surface area contributed by atoms with Crippen LogP contribution in [0.15, 0.2) is 12.4 Å². The van der Waals surface area contributed by atoms with Crippen molar-refractivity contribution in [1.82, 2.24) is 15.3 Å². The van der Waals surface area contributed by atoms with Crippen LogP contribution in [-0.4, -0.2) is 22.9 Å². The fraction of sp³-hybridized carbons (Fsp3) is 0.700. The first-order valence-corrected chi connectivity index (χ1v) is 5.00. The van der Waals surface area contributed by atoms with Crippen molar-refractivity contribution in [2.45, 2.75) is 20.3 Å². The van der Waals surface area contributed by atoms with E-state index in [-0.39, 0.29) is 0 Å². The highest BCUT2D eigenvalue weighted by Gasteiger charge is 1.96. The molecule has 14 heavy (non-hydrogen) atoms. The topological polar surface area (TPSA) is 39.1 Å². The summed E-state index contributed by atoms with van der Waals surface area (Å²) in [4.78, 5) is 5.25. The Morgan fingerprint density at radius 1 is 1.57 bits per heavy atom. The van der Waals surface area contributed by atoms with E-state index in [9.17, 15) is 0 Å². The fourth-order valence-corrected chi connectivity index (χ4v) is 1.09. The number of nitrogens with one attached hydrogen (secondary N) is 1. The summed E-state index contributed by atoms with van der Waals surface area (Å²) < 4.78 is 1.81. The van der Waals surface area contributed by atoms with Gasteiger partial charge >= 0.3 is 0 Å². The van der Waals surface area contributed by atoms with Crippen LogP contribution < -0.4 is 5.48 Å². The molecule has 0 aliphatic rings. The monoisotopic (exact) mass is 197 g/mol. The lowest BCUT2D eigenvalue weighted by molar-refractivity contribution is 0.0247. The number of aromatic nitrogens is 2. The van der Waals surface area contributed by atoms with Crippen LogP contribution in [0.3, 0.4) is 0 Å². The highest BCUT2D eigenvalue weighted by atomic mass is 16.6. The van der Waals surface area contributed by atoms with Crippen LogP contribution in [0.25, 0.3) is 0 Å². The van der Waals surface area contributed by atoms with Crippen molar-refractivity contribution in [3.05, 3.63) is 18.0 Å². The van der Waals surface area contributed by atoms with Gasteiger partial charge in [-0.25, -0.2) is 5.48 Å². The second-order valence-electron chi connectivity index (χ2n) is 3.87. The van der Waals surface area contributed by atoms with Crippen LogP contribution >= 0.6 is 0 Å². The molecule has 1 N–H and O–H groups in total. The Hall–Kier alpha value is -0.870. The van der Waals surface area contributed by atoms with Gasteiger partial charge in [0.15, 0.2) is 0 Å². The van der Waals surface area contributed by atoms with Gasteiger partial charge in [-0.2, -0.15) is 5.10 Å². The van der Waals surface area contributed by atoms with Gasteiger partial charge in [0.1, 0.15) is 0 Å². The number of aryl methyl sites for hydroxylation is 1. The third-order valence-electron chi connectivity index (χ3n) is 1.79. The molecule has 0 radical (unpaired) electrons. The minimum Gasteiger partial charge on any atom is -0.302 e. The Labute approximate surface area is 85.2 Å². The summed E-state index contributed by atoms with van der Waals surface area (Å²) in [6.45, 7) is 5.84. The summed E-state index contributed by atoms with van der Waals surface area (Å²) in [5, 5.41) is 4.09. The van der Waals surface area contributed by atoms with Crippen molar-refractivity contribution in [3.63, 3.8) is 0 Å². The SMILES string of the molecule is CC(C)CONCCc1cnn(C)c1. The molecule has 1 heterocycles. The molecule has 0 fully saturated rings. The lowest BCUT2D eigenvalue weighted by atomic mass is 10.2. The highest BCUT2D eigenvalue weighted by molar-refractivity contribution is 5.03. The number of hydroxylamine groups is 1. The highest BCUT2D eigenvalue weighted by Crippen LogP contribution is 1.96. The molecular weight excluding hydrogens is 178 g/mol. The summed E-state index contributed by atoms with van der Waals surface area (Å²) >= 11 is 0. The second-order valence-corrected chi connectivity index (χ2v) is 3.87. The molecule has 80 valence electrons. The molecular formula is C10H19N3O. The molecule has 0 saturated carbocycles. The van der Waals surface area contributed by atoms with Crippen molar-refractivity contribution in [2.75, 3.05) is 13.2 Å². The number of hydrogen-bond acceptors (Lipinski definition) is 3. The molecule has 4 nitrogen and oxygen atoms in total. The van der Waals surface area contributed by atoms with Crippen molar-refractivity contribution >= 4 is 0 Å². The van der Waals surface area contributed by atoms with E-state index in [1.54, 1.807) is 0 Å². The lowest BCUT2D eigenvalue weighted by Crippen LogP contribution is -2.20. The number of hydrogen-bond donors (Lipinski definition) is 1. The average molecular weight is 197 g/mol. The normalized spacial score (nSPS) is 11.1. The minimum absolute atomic E-state index is 0.570. The van der Waals surface area contributed by atoms with E-state index in [4.69, 9.17) is 4.84 Å². The smallest absolute Gasteiger partial charge is 0.0705 e. The molecule has 0 amide bonds. The van der Waals surface area contributed by atoms with Crippen LogP contribution in [0, 0.1) is 5.92 Å². The van der Waals surface area contributed by atoms with Crippen LogP contribution in [0.5, 0.6) is 0 Å². The maximum atomic E-state index is 5.25. The Morgan fingerprint density at radius 2 is 2.36 bits per heavy atom. The fourth-order valence-electron chi connectivity index (χ4n) is 1.09. The van der Waals surface area contributed by atoms with Gasteiger partial charge in [-0.3, -0.25) is 4.68 Å². The Balaban J connectivity index is 2.04. The Kier molecular flexibility index (Phi) is 4.62. The van der Waals surface area contributed by atoms with Crippen molar-refractivity contribution in [2.24, 2.45) is 13.0 Å². The molecule has 1 aromatic heterocycles.